The van der Waals surface area contributed by atoms with Gasteiger partial charge in [0, 0.05) is 50.5 Å². The summed E-state index contributed by atoms with van der Waals surface area (Å²) in [5.41, 5.74) is 11.5. The van der Waals surface area contributed by atoms with Crippen molar-refractivity contribution in [2.24, 2.45) is 0 Å². The van der Waals surface area contributed by atoms with Crippen molar-refractivity contribution in [3.8, 4) is 45.2 Å². The molecule has 0 atom stereocenters. The first-order valence-electron chi connectivity index (χ1n) is 17.9. The van der Waals surface area contributed by atoms with Crippen LogP contribution < -0.4 is 0 Å². The summed E-state index contributed by atoms with van der Waals surface area (Å²) < 4.78 is 0. The Morgan fingerprint density at radius 1 is 0.333 bits per heavy atom. The number of nitrogens with zero attached hydrogens (tertiary/aromatic N) is 6. The lowest BCUT2D eigenvalue weighted by atomic mass is 9.95. The van der Waals surface area contributed by atoms with E-state index in [0.29, 0.717) is 5.82 Å². The Morgan fingerprint density at radius 2 is 0.944 bits per heavy atom. The molecule has 0 bridgehead atoms. The van der Waals surface area contributed by atoms with Crippen LogP contribution in [-0.2, 0) is 0 Å². The highest BCUT2D eigenvalue weighted by atomic mass is 14.9. The molecule has 0 unspecified atom stereocenters. The van der Waals surface area contributed by atoms with Crippen molar-refractivity contribution in [1.29, 1.82) is 0 Å². The molecule has 0 aliphatic carbocycles. The van der Waals surface area contributed by atoms with Crippen molar-refractivity contribution in [3.05, 3.63) is 170 Å². The lowest BCUT2D eigenvalue weighted by Crippen LogP contribution is -1.93. The molecule has 250 valence electrons. The number of aromatic nitrogens is 6. The molecule has 0 aliphatic rings. The molecule has 6 nitrogen and oxygen atoms in total. The third kappa shape index (κ3) is 5.04. The quantitative estimate of drug-likeness (QED) is 0.171. The standard InChI is InChI=1S/C48H28N6/c1-4-10-40-35(6-1)28-50-48(54-40)44-24-15-29-11-14-33(27-45(29)52-44)32-17-21-41-34(26-32)18-23-42(51-41)38-19-20-39(37-9-3-2-8-36(37)38)43-22-16-31-13-12-30-7-5-25-49-46(30)47(31)53-43/h1-28H. The highest BCUT2D eigenvalue weighted by Gasteiger charge is 2.14. The van der Waals surface area contributed by atoms with Gasteiger partial charge in [0.25, 0.3) is 0 Å². The third-order valence-electron chi connectivity index (χ3n) is 10.3. The van der Waals surface area contributed by atoms with Gasteiger partial charge in [0.05, 0.1) is 39.0 Å². The van der Waals surface area contributed by atoms with Gasteiger partial charge in [-0.1, -0.05) is 109 Å². The second kappa shape index (κ2) is 12.1. The van der Waals surface area contributed by atoms with Gasteiger partial charge in [-0.25, -0.2) is 24.9 Å². The molecule has 0 N–H and O–H groups in total. The molecular formula is C48H28N6. The minimum Gasteiger partial charge on any atom is -0.254 e. The van der Waals surface area contributed by atoms with E-state index in [1.54, 1.807) is 0 Å². The smallest absolute Gasteiger partial charge is 0.178 e. The summed E-state index contributed by atoms with van der Waals surface area (Å²) in [6.07, 6.45) is 3.69. The summed E-state index contributed by atoms with van der Waals surface area (Å²) >= 11 is 0. The van der Waals surface area contributed by atoms with Crippen molar-refractivity contribution in [1.82, 2.24) is 29.9 Å². The lowest BCUT2D eigenvalue weighted by molar-refractivity contribution is 1.19. The minimum atomic E-state index is 0.618. The second-order valence-corrected chi connectivity index (χ2v) is 13.6. The van der Waals surface area contributed by atoms with E-state index in [1.807, 2.05) is 48.8 Å². The molecule has 0 fully saturated rings. The zero-order valence-corrected chi connectivity index (χ0v) is 28.8. The summed E-state index contributed by atoms with van der Waals surface area (Å²) in [4.78, 5) is 29.3. The Bertz CT molecular complexity index is 3300. The Labute approximate surface area is 309 Å². The molecule has 0 radical (unpaired) electrons. The molecule has 5 aromatic heterocycles. The molecule has 0 aliphatic heterocycles. The second-order valence-electron chi connectivity index (χ2n) is 13.6. The number of hydrogen-bond donors (Lipinski definition) is 0. The maximum atomic E-state index is 5.17. The zero-order valence-electron chi connectivity index (χ0n) is 28.8. The van der Waals surface area contributed by atoms with Crippen molar-refractivity contribution < 1.29 is 0 Å². The largest absolute Gasteiger partial charge is 0.254 e. The van der Waals surface area contributed by atoms with Crippen LogP contribution in [-0.4, -0.2) is 29.9 Å². The van der Waals surface area contributed by atoms with E-state index >= 15 is 0 Å². The molecular weight excluding hydrogens is 661 g/mol. The Kier molecular flexibility index (Phi) is 6.75. The van der Waals surface area contributed by atoms with Gasteiger partial charge in [0.1, 0.15) is 5.69 Å². The van der Waals surface area contributed by atoms with Crippen LogP contribution in [0.25, 0.3) is 110 Å². The van der Waals surface area contributed by atoms with Gasteiger partial charge in [-0.3, -0.25) is 4.98 Å². The number of hydrogen-bond acceptors (Lipinski definition) is 6. The molecule has 0 spiro atoms. The van der Waals surface area contributed by atoms with Crippen LogP contribution in [0.5, 0.6) is 0 Å². The summed E-state index contributed by atoms with van der Waals surface area (Å²) in [6, 6.07) is 54.6. The number of pyridine rings is 4. The highest BCUT2D eigenvalue weighted by Crippen LogP contribution is 2.37. The number of benzene rings is 6. The van der Waals surface area contributed by atoms with Gasteiger partial charge in [0.15, 0.2) is 5.82 Å². The van der Waals surface area contributed by atoms with Crippen molar-refractivity contribution in [2.45, 2.75) is 0 Å². The summed E-state index contributed by atoms with van der Waals surface area (Å²) in [6.45, 7) is 0. The van der Waals surface area contributed by atoms with Gasteiger partial charge >= 0.3 is 0 Å². The third-order valence-corrected chi connectivity index (χ3v) is 10.3. The van der Waals surface area contributed by atoms with E-state index in [-0.39, 0.29) is 0 Å². The van der Waals surface area contributed by atoms with Gasteiger partial charge in [-0.15, -0.1) is 0 Å². The highest BCUT2D eigenvalue weighted by molar-refractivity contribution is 6.07. The SMILES string of the molecule is c1ccc2nc(-c3ccc4ccc(-c5ccc6nc(-c7ccc(-c8ccc9ccc%10cccnc%10c9n8)c8ccccc78)ccc6c5)cc4n3)ncc2c1. The normalized spacial score (nSPS) is 11.7. The summed E-state index contributed by atoms with van der Waals surface area (Å²) in [5, 5.41) is 7.57. The van der Waals surface area contributed by atoms with Gasteiger partial charge in [0.2, 0.25) is 0 Å². The van der Waals surface area contributed by atoms with Crippen LogP contribution in [0.15, 0.2) is 170 Å². The number of para-hydroxylation sites is 1. The number of rotatable bonds is 4. The van der Waals surface area contributed by atoms with Gasteiger partial charge in [-0.05, 0) is 70.4 Å². The van der Waals surface area contributed by atoms with E-state index in [0.717, 1.165) is 105 Å². The first-order valence-corrected chi connectivity index (χ1v) is 17.9. The predicted octanol–water partition coefficient (Wildman–Crippen LogP) is 11.6. The fourth-order valence-corrected chi connectivity index (χ4v) is 7.59. The first kappa shape index (κ1) is 30.2. The van der Waals surface area contributed by atoms with Crippen LogP contribution in [0.4, 0.5) is 0 Å². The summed E-state index contributed by atoms with van der Waals surface area (Å²) in [5.74, 6) is 0.618. The molecule has 11 rings (SSSR count). The van der Waals surface area contributed by atoms with E-state index in [2.05, 4.69) is 131 Å². The predicted molar refractivity (Wildman–Crippen MR) is 220 cm³/mol. The lowest BCUT2D eigenvalue weighted by Gasteiger charge is -2.13. The van der Waals surface area contributed by atoms with Crippen LogP contribution in [0.3, 0.4) is 0 Å². The topological polar surface area (TPSA) is 77.3 Å². The molecule has 6 heteroatoms. The van der Waals surface area contributed by atoms with E-state index < -0.39 is 0 Å². The molecule has 6 aromatic carbocycles. The van der Waals surface area contributed by atoms with E-state index in [4.69, 9.17) is 19.9 Å². The molecule has 0 saturated carbocycles. The van der Waals surface area contributed by atoms with Crippen molar-refractivity contribution >= 4 is 65.3 Å². The molecule has 11 aromatic rings. The number of fused-ring (bicyclic) bond motifs is 7. The first-order chi connectivity index (χ1) is 26.7. The average Bonchev–Trinajstić information content (AvgIpc) is 3.25. The van der Waals surface area contributed by atoms with Gasteiger partial charge in [-0.2, -0.15) is 0 Å². The zero-order chi connectivity index (χ0) is 35.6. The van der Waals surface area contributed by atoms with E-state index in [9.17, 15) is 0 Å². The fraction of sp³-hybridized carbons (Fsp3) is 0. The minimum absolute atomic E-state index is 0.618. The van der Waals surface area contributed by atoms with E-state index in [1.165, 1.54) is 0 Å². The Morgan fingerprint density at radius 3 is 1.81 bits per heavy atom. The average molecular weight is 689 g/mol. The Balaban J connectivity index is 0.944. The van der Waals surface area contributed by atoms with Crippen LogP contribution in [0.2, 0.25) is 0 Å². The van der Waals surface area contributed by atoms with Gasteiger partial charge < -0.3 is 0 Å². The maximum Gasteiger partial charge on any atom is 0.178 e. The van der Waals surface area contributed by atoms with Crippen molar-refractivity contribution in [2.75, 3.05) is 0 Å². The van der Waals surface area contributed by atoms with Crippen molar-refractivity contribution in [3.63, 3.8) is 0 Å². The summed E-state index contributed by atoms with van der Waals surface area (Å²) in [7, 11) is 0. The van der Waals surface area contributed by atoms with Crippen LogP contribution in [0, 0.1) is 0 Å². The Hall–Kier alpha value is -7.44. The monoisotopic (exact) mass is 688 g/mol. The molecule has 5 heterocycles. The molecule has 54 heavy (non-hydrogen) atoms. The van der Waals surface area contributed by atoms with Crippen LogP contribution >= 0.6 is 0 Å². The molecule has 0 saturated heterocycles. The fourth-order valence-electron chi connectivity index (χ4n) is 7.59. The van der Waals surface area contributed by atoms with Crippen LogP contribution in [0.1, 0.15) is 0 Å². The maximum absolute atomic E-state index is 5.17. The molecule has 0 amide bonds.